The van der Waals surface area contributed by atoms with E-state index in [9.17, 15) is 14.7 Å². The van der Waals surface area contributed by atoms with Crippen molar-refractivity contribution in [3.63, 3.8) is 0 Å². The van der Waals surface area contributed by atoms with Crippen LogP contribution in [0.1, 0.15) is 52.9 Å². The van der Waals surface area contributed by atoms with E-state index < -0.39 is 11.5 Å². The van der Waals surface area contributed by atoms with Gasteiger partial charge in [-0.15, -0.1) is 0 Å². The van der Waals surface area contributed by atoms with E-state index in [1.54, 1.807) is 0 Å². The molecule has 1 N–H and O–H groups in total. The Morgan fingerprint density at radius 1 is 1.13 bits per heavy atom. The van der Waals surface area contributed by atoms with Gasteiger partial charge in [-0.1, -0.05) is 27.2 Å². The number of hydrogen-bond donors (Lipinski definition) is 1. The third kappa shape index (κ3) is 2.62. The van der Waals surface area contributed by atoms with Crippen LogP contribution >= 0.6 is 0 Å². The lowest BCUT2D eigenvalue weighted by atomic mass is 9.62. The van der Waals surface area contributed by atoms with Crippen molar-refractivity contribution in [2.45, 2.75) is 59.0 Å². The van der Waals surface area contributed by atoms with Crippen molar-refractivity contribution in [2.75, 3.05) is 26.2 Å². The Hall–Kier alpha value is -0.940. The summed E-state index contributed by atoms with van der Waals surface area (Å²) >= 11 is 0. The molecule has 1 aliphatic carbocycles. The molecule has 3 rings (SSSR count). The molecule has 23 heavy (non-hydrogen) atoms. The number of nitrogens with zero attached hydrogens (tertiary/aromatic N) is 2. The molecule has 130 valence electrons. The summed E-state index contributed by atoms with van der Waals surface area (Å²) in [4.78, 5) is 29.3. The number of β-amino-alcohol motifs (C(OH)–C–C–N with tert-alkyl or cyclic N) is 1. The first kappa shape index (κ1) is 16.9. The maximum Gasteiger partial charge on any atom is 0.235 e. The molecule has 0 aromatic heterocycles. The van der Waals surface area contributed by atoms with Crippen LogP contribution in [-0.2, 0) is 9.59 Å². The summed E-state index contributed by atoms with van der Waals surface area (Å²) in [6.45, 7) is 8.80. The lowest BCUT2D eigenvalue weighted by molar-refractivity contribution is -0.169. The highest BCUT2D eigenvalue weighted by atomic mass is 16.3. The Kier molecular flexibility index (Phi) is 4.30. The molecule has 1 saturated carbocycles. The van der Waals surface area contributed by atoms with Gasteiger partial charge in [-0.2, -0.15) is 0 Å². The number of amides is 2. The van der Waals surface area contributed by atoms with Crippen molar-refractivity contribution in [1.82, 2.24) is 9.80 Å². The molecule has 2 heterocycles. The largest absolute Gasteiger partial charge is 0.390 e. The molecule has 5 nitrogen and oxygen atoms in total. The fourth-order valence-corrected chi connectivity index (χ4v) is 4.78. The van der Waals surface area contributed by atoms with Crippen LogP contribution in [0.5, 0.6) is 0 Å². The molecular weight excluding hydrogens is 292 g/mol. The van der Waals surface area contributed by atoms with E-state index in [1.807, 2.05) is 20.8 Å². The van der Waals surface area contributed by atoms with Crippen molar-refractivity contribution >= 4 is 11.8 Å². The summed E-state index contributed by atoms with van der Waals surface area (Å²) in [6.07, 6.45) is 4.50. The molecule has 0 aromatic carbocycles. The number of likely N-dealkylation sites (tertiary alicyclic amines) is 2. The predicted octanol–water partition coefficient (Wildman–Crippen LogP) is 1.64. The molecule has 0 aromatic rings. The van der Waals surface area contributed by atoms with Crippen LogP contribution in [0.4, 0.5) is 0 Å². The zero-order chi connectivity index (χ0) is 16.8. The highest BCUT2D eigenvalue weighted by Gasteiger charge is 2.64. The highest BCUT2D eigenvalue weighted by molar-refractivity contribution is 6.03. The molecule has 0 spiro atoms. The van der Waals surface area contributed by atoms with E-state index in [-0.39, 0.29) is 29.7 Å². The van der Waals surface area contributed by atoms with E-state index in [4.69, 9.17) is 0 Å². The fraction of sp³-hybridized carbons (Fsp3) is 0.889. The predicted molar refractivity (Wildman–Crippen MR) is 87.6 cm³/mol. The van der Waals surface area contributed by atoms with Gasteiger partial charge in [0.25, 0.3) is 0 Å². The molecule has 0 unspecified atom stereocenters. The minimum absolute atomic E-state index is 0.0762. The first-order valence-electron chi connectivity index (χ1n) is 9.03. The molecule has 3 atom stereocenters. The Morgan fingerprint density at radius 2 is 1.78 bits per heavy atom. The quantitative estimate of drug-likeness (QED) is 0.800. The number of piperidine rings is 2. The molecule has 2 bridgehead atoms. The zero-order valence-electron chi connectivity index (χ0n) is 14.7. The van der Waals surface area contributed by atoms with Crippen molar-refractivity contribution in [3.8, 4) is 0 Å². The summed E-state index contributed by atoms with van der Waals surface area (Å²) in [5.74, 6) is -0.251. The fourth-order valence-electron chi connectivity index (χ4n) is 4.78. The number of imide groups is 1. The standard InChI is InChI=1S/C18H30N2O3/c1-17(2)14-7-8-18(17,3)16(23)20(15(14)22)12-13(21)11-19-9-5-4-6-10-19/h13-14,21H,4-12H2,1-3H3/t13-,14-,18+/m1/s1. The number of fused-ring (bicyclic) bond motifs is 2. The van der Waals surface area contributed by atoms with Gasteiger partial charge in [-0.05, 0) is 44.2 Å². The van der Waals surface area contributed by atoms with Crippen molar-refractivity contribution in [3.05, 3.63) is 0 Å². The Labute approximate surface area is 139 Å². The molecule has 2 aliphatic heterocycles. The second-order valence-corrected chi connectivity index (χ2v) is 8.41. The second-order valence-electron chi connectivity index (χ2n) is 8.41. The van der Waals surface area contributed by atoms with Gasteiger partial charge in [0, 0.05) is 12.5 Å². The topological polar surface area (TPSA) is 60.9 Å². The smallest absolute Gasteiger partial charge is 0.235 e. The van der Waals surface area contributed by atoms with Gasteiger partial charge >= 0.3 is 0 Å². The molecule has 3 aliphatic rings. The van der Waals surface area contributed by atoms with E-state index >= 15 is 0 Å². The van der Waals surface area contributed by atoms with Gasteiger partial charge < -0.3 is 10.0 Å². The third-order valence-corrected chi connectivity index (χ3v) is 6.82. The van der Waals surface area contributed by atoms with Gasteiger partial charge in [0.2, 0.25) is 11.8 Å². The maximum absolute atomic E-state index is 12.9. The number of aliphatic hydroxyl groups excluding tert-OH is 1. The summed E-state index contributed by atoms with van der Waals surface area (Å²) in [7, 11) is 0. The van der Waals surface area contributed by atoms with Crippen molar-refractivity contribution in [1.29, 1.82) is 0 Å². The number of hydrogen-bond acceptors (Lipinski definition) is 4. The van der Waals surface area contributed by atoms with Gasteiger partial charge in [0.05, 0.1) is 18.1 Å². The number of carbonyl (C=O) groups is 2. The van der Waals surface area contributed by atoms with E-state index in [1.165, 1.54) is 24.2 Å². The SMILES string of the molecule is CC1(C)[C@@H]2CC[C@@]1(C)C(=O)N(C[C@H](O)CN1CCCCC1)C2=O. The average Bonchev–Trinajstić information content (AvgIpc) is 2.70. The van der Waals surface area contributed by atoms with Crippen LogP contribution < -0.4 is 0 Å². The van der Waals surface area contributed by atoms with Gasteiger partial charge in [-0.3, -0.25) is 14.5 Å². The molecule has 5 heteroatoms. The minimum Gasteiger partial charge on any atom is -0.390 e. The van der Waals surface area contributed by atoms with Crippen molar-refractivity contribution in [2.24, 2.45) is 16.7 Å². The molecular formula is C18H30N2O3. The van der Waals surface area contributed by atoms with Crippen LogP contribution in [0, 0.1) is 16.7 Å². The molecule has 3 fully saturated rings. The summed E-state index contributed by atoms with van der Waals surface area (Å²) in [5, 5.41) is 10.4. The summed E-state index contributed by atoms with van der Waals surface area (Å²) in [6, 6.07) is 0. The Bertz CT molecular complexity index is 498. The lowest BCUT2D eigenvalue weighted by Crippen LogP contribution is -2.60. The normalized spacial score (nSPS) is 35.7. The minimum atomic E-state index is -0.648. The second kappa shape index (κ2) is 5.85. The average molecular weight is 322 g/mol. The van der Waals surface area contributed by atoms with Gasteiger partial charge in [0.1, 0.15) is 0 Å². The number of carbonyl (C=O) groups excluding carboxylic acids is 2. The van der Waals surface area contributed by atoms with Crippen LogP contribution in [0.2, 0.25) is 0 Å². The maximum atomic E-state index is 12.9. The van der Waals surface area contributed by atoms with E-state index in [2.05, 4.69) is 4.90 Å². The van der Waals surface area contributed by atoms with Crippen LogP contribution in [0.25, 0.3) is 0 Å². The molecule has 2 saturated heterocycles. The zero-order valence-corrected chi connectivity index (χ0v) is 14.7. The lowest BCUT2D eigenvalue weighted by Gasteiger charge is -2.48. The van der Waals surface area contributed by atoms with Crippen molar-refractivity contribution < 1.29 is 14.7 Å². The van der Waals surface area contributed by atoms with Crippen LogP contribution in [0.3, 0.4) is 0 Å². The van der Waals surface area contributed by atoms with Gasteiger partial charge in [0.15, 0.2) is 0 Å². The molecule has 2 amide bonds. The number of aliphatic hydroxyl groups is 1. The summed E-state index contributed by atoms with van der Waals surface area (Å²) in [5.41, 5.74) is -0.758. The van der Waals surface area contributed by atoms with E-state index in [0.29, 0.717) is 6.54 Å². The number of rotatable bonds is 4. The monoisotopic (exact) mass is 322 g/mol. The van der Waals surface area contributed by atoms with Crippen LogP contribution in [-0.4, -0.2) is 59.0 Å². The highest BCUT2D eigenvalue weighted by Crippen LogP contribution is 2.59. The van der Waals surface area contributed by atoms with Crippen LogP contribution in [0.15, 0.2) is 0 Å². The Balaban J connectivity index is 1.68. The third-order valence-electron chi connectivity index (χ3n) is 6.82. The molecule has 0 radical (unpaired) electrons. The first-order chi connectivity index (χ1) is 10.8. The van der Waals surface area contributed by atoms with Gasteiger partial charge in [-0.25, -0.2) is 0 Å². The summed E-state index contributed by atoms with van der Waals surface area (Å²) < 4.78 is 0. The first-order valence-corrected chi connectivity index (χ1v) is 9.03. The Morgan fingerprint density at radius 3 is 2.43 bits per heavy atom. The van der Waals surface area contributed by atoms with E-state index in [0.717, 1.165) is 25.9 Å².